The Bertz CT molecular complexity index is 979. The van der Waals surface area contributed by atoms with Gasteiger partial charge in [0.2, 0.25) is 0 Å². The molecule has 176 valence electrons. The van der Waals surface area contributed by atoms with Gasteiger partial charge in [0.15, 0.2) is 6.61 Å². The van der Waals surface area contributed by atoms with Crippen LogP contribution in [0.25, 0.3) is 0 Å². The fraction of sp³-hybridized carbons (Fsp3) is 0.333. The normalized spacial score (nSPS) is 10.7. The largest absolute Gasteiger partial charge is 0.484 e. The van der Waals surface area contributed by atoms with E-state index in [9.17, 15) is 14.4 Å². The summed E-state index contributed by atoms with van der Waals surface area (Å²) in [5.74, 6) is -1.35. The van der Waals surface area contributed by atoms with Crippen LogP contribution >= 0.6 is 0 Å². The Kier molecular flexibility index (Phi) is 10.0. The molecule has 0 aliphatic rings. The van der Waals surface area contributed by atoms with E-state index in [1.54, 1.807) is 31.4 Å². The topological polar surface area (TPSA) is 118 Å². The summed E-state index contributed by atoms with van der Waals surface area (Å²) in [5.41, 5.74) is 6.78. The number of anilines is 1. The lowest BCUT2D eigenvalue weighted by Crippen LogP contribution is -2.38. The molecule has 9 nitrogen and oxygen atoms in total. The Balaban J connectivity index is 1.78. The van der Waals surface area contributed by atoms with Gasteiger partial charge in [-0.1, -0.05) is 17.7 Å². The molecular formula is C24H30N4O5. The van der Waals surface area contributed by atoms with E-state index in [0.29, 0.717) is 30.9 Å². The summed E-state index contributed by atoms with van der Waals surface area (Å²) in [4.78, 5) is 35.5. The minimum absolute atomic E-state index is 0.129. The van der Waals surface area contributed by atoms with Gasteiger partial charge >= 0.3 is 11.8 Å². The van der Waals surface area contributed by atoms with Crippen LogP contribution in [-0.4, -0.2) is 50.8 Å². The van der Waals surface area contributed by atoms with E-state index in [2.05, 4.69) is 21.2 Å². The Labute approximate surface area is 193 Å². The zero-order chi connectivity index (χ0) is 24.2. The van der Waals surface area contributed by atoms with Crippen LogP contribution in [0, 0.1) is 20.8 Å². The first-order valence-corrected chi connectivity index (χ1v) is 10.5. The number of rotatable bonds is 10. The first-order chi connectivity index (χ1) is 15.8. The van der Waals surface area contributed by atoms with Crippen molar-refractivity contribution in [2.75, 3.05) is 32.2 Å². The molecule has 3 amide bonds. The third-order valence-electron chi connectivity index (χ3n) is 4.59. The molecule has 33 heavy (non-hydrogen) atoms. The molecule has 0 aromatic heterocycles. The molecule has 0 atom stereocenters. The van der Waals surface area contributed by atoms with E-state index in [0.717, 1.165) is 22.4 Å². The molecule has 0 spiro atoms. The lowest BCUT2D eigenvalue weighted by molar-refractivity contribution is -0.139. The average Bonchev–Trinajstić information content (AvgIpc) is 2.78. The van der Waals surface area contributed by atoms with Gasteiger partial charge < -0.3 is 20.1 Å². The zero-order valence-corrected chi connectivity index (χ0v) is 19.4. The Morgan fingerprint density at radius 3 is 2.30 bits per heavy atom. The van der Waals surface area contributed by atoms with Gasteiger partial charge in [0, 0.05) is 25.9 Å². The highest BCUT2D eigenvalue weighted by molar-refractivity contribution is 6.35. The fourth-order valence-corrected chi connectivity index (χ4v) is 3.07. The SMILES string of the molecule is COCCCNC(=O)C(=O)NN=Cc1ccc(OCC(=O)Nc2c(C)cc(C)cc2C)cc1. The molecular weight excluding hydrogens is 424 g/mol. The van der Waals surface area contributed by atoms with Crippen molar-refractivity contribution in [1.82, 2.24) is 10.7 Å². The smallest absolute Gasteiger partial charge is 0.329 e. The minimum Gasteiger partial charge on any atom is -0.484 e. The van der Waals surface area contributed by atoms with Crippen molar-refractivity contribution < 1.29 is 23.9 Å². The molecule has 3 N–H and O–H groups in total. The molecule has 2 rings (SSSR count). The van der Waals surface area contributed by atoms with Gasteiger partial charge in [0.05, 0.1) is 6.21 Å². The minimum atomic E-state index is -0.853. The van der Waals surface area contributed by atoms with E-state index < -0.39 is 11.8 Å². The quantitative estimate of drug-likeness (QED) is 0.220. The number of carbonyl (C=O) groups excluding carboxylic acids is 3. The highest BCUT2D eigenvalue weighted by Crippen LogP contribution is 2.22. The van der Waals surface area contributed by atoms with Crippen LogP contribution in [0.4, 0.5) is 5.69 Å². The predicted molar refractivity (Wildman–Crippen MR) is 126 cm³/mol. The van der Waals surface area contributed by atoms with E-state index >= 15 is 0 Å². The van der Waals surface area contributed by atoms with Crippen LogP contribution in [0.1, 0.15) is 28.7 Å². The van der Waals surface area contributed by atoms with Crippen LogP contribution in [-0.2, 0) is 19.1 Å². The average molecular weight is 455 g/mol. The molecule has 2 aromatic carbocycles. The lowest BCUT2D eigenvalue weighted by Gasteiger charge is -2.13. The summed E-state index contributed by atoms with van der Waals surface area (Å²) in [7, 11) is 1.56. The number of methoxy groups -OCH3 is 1. The summed E-state index contributed by atoms with van der Waals surface area (Å²) in [6, 6.07) is 10.8. The number of nitrogens with one attached hydrogen (secondary N) is 3. The molecule has 0 fully saturated rings. The van der Waals surface area contributed by atoms with E-state index in [1.165, 1.54) is 6.21 Å². The van der Waals surface area contributed by atoms with Crippen molar-refractivity contribution in [2.24, 2.45) is 5.10 Å². The maximum absolute atomic E-state index is 12.3. The summed E-state index contributed by atoms with van der Waals surface area (Å²) in [5, 5.41) is 9.12. The van der Waals surface area contributed by atoms with Gasteiger partial charge in [0.1, 0.15) is 5.75 Å². The molecule has 9 heteroatoms. The molecule has 0 heterocycles. The molecule has 0 aliphatic carbocycles. The summed E-state index contributed by atoms with van der Waals surface area (Å²) in [6.07, 6.45) is 2.01. The van der Waals surface area contributed by atoms with Gasteiger partial charge in [0.25, 0.3) is 5.91 Å². The van der Waals surface area contributed by atoms with Crippen LogP contribution in [0.2, 0.25) is 0 Å². The number of benzene rings is 2. The molecule has 0 saturated heterocycles. The van der Waals surface area contributed by atoms with Crippen molar-refractivity contribution in [3.8, 4) is 5.75 Å². The first kappa shape index (κ1) is 25.5. The monoisotopic (exact) mass is 454 g/mol. The number of hydrazone groups is 1. The molecule has 0 aliphatic heterocycles. The van der Waals surface area contributed by atoms with Crippen molar-refractivity contribution in [2.45, 2.75) is 27.2 Å². The number of carbonyl (C=O) groups is 3. The Morgan fingerprint density at radius 2 is 1.67 bits per heavy atom. The summed E-state index contributed by atoms with van der Waals surface area (Å²) < 4.78 is 10.4. The zero-order valence-electron chi connectivity index (χ0n) is 19.4. The number of nitrogens with zero attached hydrogens (tertiary/aromatic N) is 1. The third-order valence-corrected chi connectivity index (χ3v) is 4.59. The number of amides is 3. The van der Waals surface area contributed by atoms with E-state index in [4.69, 9.17) is 9.47 Å². The van der Waals surface area contributed by atoms with Gasteiger partial charge in [-0.15, -0.1) is 0 Å². The van der Waals surface area contributed by atoms with E-state index in [-0.39, 0.29) is 12.5 Å². The Hall–Kier alpha value is -3.72. The summed E-state index contributed by atoms with van der Waals surface area (Å²) in [6.45, 7) is 6.63. The standard InChI is InChI=1S/C24H30N4O5/c1-16-12-17(2)22(18(3)13-16)27-21(29)15-33-20-8-6-19(7-9-20)14-26-28-24(31)23(30)25-10-5-11-32-4/h6-9,12-14H,5,10-11,15H2,1-4H3,(H,25,30)(H,27,29)(H,28,31). The van der Waals surface area contributed by atoms with Gasteiger partial charge in [-0.05, 0) is 68.1 Å². The van der Waals surface area contributed by atoms with Crippen molar-refractivity contribution >= 4 is 29.6 Å². The molecule has 0 unspecified atom stereocenters. The van der Waals surface area contributed by atoms with Crippen molar-refractivity contribution in [3.05, 3.63) is 58.7 Å². The molecule has 0 radical (unpaired) electrons. The highest BCUT2D eigenvalue weighted by Gasteiger charge is 2.11. The van der Waals surface area contributed by atoms with Gasteiger partial charge in [-0.2, -0.15) is 5.10 Å². The number of aryl methyl sites for hydroxylation is 3. The second-order valence-corrected chi connectivity index (χ2v) is 7.48. The highest BCUT2D eigenvalue weighted by atomic mass is 16.5. The fourth-order valence-electron chi connectivity index (χ4n) is 3.07. The number of hydrogen-bond donors (Lipinski definition) is 3. The summed E-state index contributed by atoms with van der Waals surface area (Å²) >= 11 is 0. The molecule has 2 aromatic rings. The van der Waals surface area contributed by atoms with E-state index in [1.807, 2.05) is 32.9 Å². The van der Waals surface area contributed by atoms with Crippen molar-refractivity contribution in [3.63, 3.8) is 0 Å². The van der Waals surface area contributed by atoms with Gasteiger partial charge in [-0.3, -0.25) is 14.4 Å². The van der Waals surface area contributed by atoms with Crippen molar-refractivity contribution in [1.29, 1.82) is 0 Å². The predicted octanol–water partition coefficient (Wildman–Crippen LogP) is 2.23. The molecule has 0 saturated carbocycles. The lowest BCUT2D eigenvalue weighted by atomic mass is 10.1. The van der Waals surface area contributed by atoms with Crippen LogP contribution in [0.3, 0.4) is 0 Å². The second kappa shape index (κ2) is 13.0. The van der Waals surface area contributed by atoms with Crippen LogP contribution in [0.15, 0.2) is 41.5 Å². The second-order valence-electron chi connectivity index (χ2n) is 7.48. The first-order valence-electron chi connectivity index (χ1n) is 10.5. The maximum atomic E-state index is 12.3. The molecule has 0 bridgehead atoms. The number of ether oxygens (including phenoxy) is 2. The third kappa shape index (κ3) is 8.74. The van der Waals surface area contributed by atoms with Crippen LogP contribution < -0.4 is 20.8 Å². The van der Waals surface area contributed by atoms with Gasteiger partial charge in [-0.25, -0.2) is 5.43 Å². The number of hydrogen-bond acceptors (Lipinski definition) is 6. The van der Waals surface area contributed by atoms with Crippen LogP contribution in [0.5, 0.6) is 5.75 Å². The maximum Gasteiger partial charge on any atom is 0.329 e. The Morgan fingerprint density at radius 1 is 1.00 bits per heavy atom.